The Morgan fingerprint density at radius 3 is 2.41 bits per heavy atom. The largest absolute Gasteiger partial charge is 0.481 e. The molecule has 11 heteroatoms. The van der Waals surface area contributed by atoms with Crippen molar-refractivity contribution in [2.75, 3.05) is 44.2 Å². The van der Waals surface area contributed by atoms with Crippen LogP contribution < -0.4 is 20.9 Å². The fourth-order valence-corrected chi connectivity index (χ4v) is 3.78. The smallest absolute Gasteiger partial charge is 0.304 e. The van der Waals surface area contributed by atoms with E-state index >= 15 is 0 Å². The number of aliphatic carboxylic acids is 2. The molecule has 2 aromatic rings. The molecule has 1 fully saturated rings. The van der Waals surface area contributed by atoms with E-state index in [9.17, 15) is 19.2 Å². The highest BCUT2D eigenvalue weighted by Crippen LogP contribution is 2.17. The van der Waals surface area contributed by atoms with Gasteiger partial charge in [-0.05, 0) is 35.7 Å². The number of nitrogens with one attached hydrogen (secondary N) is 3. The normalized spacial score (nSPS) is 14.0. The quantitative estimate of drug-likeness (QED) is 0.266. The zero-order valence-corrected chi connectivity index (χ0v) is 21.9. The van der Waals surface area contributed by atoms with E-state index in [4.69, 9.17) is 16.6 Å². The molecule has 0 aliphatic carbocycles. The fraction of sp³-hybridized carbons (Fsp3) is 0.393. The van der Waals surface area contributed by atoms with Gasteiger partial charge in [0.15, 0.2) is 0 Å². The predicted octanol–water partition coefficient (Wildman–Crippen LogP) is 1.33. The second kappa shape index (κ2) is 16.4. The molecule has 39 heavy (non-hydrogen) atoms. The van der Waals surface area contributed by atoms with Crippen molar-refractivity contribution in [2.24, 2.45) is 5.92 Å². The SMILES string of the molecule is C#C[C@@H](CNC(=O)CNC(=O)c1cccc(N2CCNCC2)c1)CC(=O)O.C[C@@H](CC(=O)O)c1cccnc1. The Balaban J connectivity index is 0.000000370. The second-order valence-electron chi connectivity index (χ2n) is 9.02. The van der Waals surface area contributed by atoms with E-state index < -0.39 is 23.8 Å². The summed E-state index contributed by atoms with van der Waals surface area (Å²) in [4.78, 5) is 51.3. The van der Waals surface area contributed by atoms with Gasteiger partial charge in [0.1, 0.15) is 0 Å². The standard InChI is InChI=1S/C19H24N4O4.C9H11NO2/c1-2-14(10-18(25)26)12-21-17(24)13-22-19(27)15-4-3-5-16(11-15)23-8-6-20-7-9-23;1-7(5-9(11)12)8-3-2-4-10-6-8/h1,3-5,11,14,20H,6-10,12-13H2,(H,21,24)(H,22,27)(H,25,26);2-4,6-7H,5H2,1H3,(H,11,12)/t14-;7-/m10/s1. The number of pyridine rings is 1. The van der Waals surface area contributed by atoms with Crippen LogP contribution in [0, 0.1) is 18.3 Å². The van der Waals surface area contributed by atoms with Gasteiger partial charge in [0.2, 0.25) is 5.91 Å². The maximum atomic E-state index is 12.3. The molecule has 0 saturated carbocycles. The molecule has 0 unspecified atom stereocenters. The van der Waals surface area contributed by atoms with Gasteiger partial charge in [-0.25, -0.2) is 0 Å². The number of anilines is 1. The lowest BCUT2D eigenvalue weighted by molar-refractivity contribution is -0.138. The van der Waals surface area contributed by atoms with Crippen LogP contribution >= 0.6 is 0 Å². The van der Waals surface area contributed by atoms with Crippen LogP contribution in [0.2, 0.25) is 0 Å². The van der Waals surface area contributed by atoms with Gasteiger partial charge in [-0.3, -0.25) is 24.2 Å². The number of hydrogen-bond acceptors (Lipinski definition) is 7. The van der Waals surface area contributed by atoms with Crippen LogP contribution in [0.4, 0.5) is 5.69 Å². The summed E-state index contributed by atoms with van der Waals surface area (Å²) in [5, 5.41) is 25.6. The van der Waals surface area contributed by atoms with Crippen molar-refractivity contribution in [3.8, 4) is 12.3 Å². The molecule has 1 aliphatic rings. The average Bonchev–Trinajstić information content (AvgIpc) is 2.94. The van der Waals surface area contributed by atoms with Crippen LogP contribution in [-0.4, -0.2) is 78.2 Å². The summed E-state index contributed by atoms with van der Waals surface area (Å²) in [6.45, 7) is 5.27. The van der Waals surface area contributed by atoms with E-state index in [1.54, 1.807) is 24.5 Å². The maximum Gasteiger partial charge on any atom is 0.304 e. The van der Waals surface area contributed by atoms with Gasteiger partial charge >= 0.3 is 11.9 Å². The van der Waals surface area contributed by atoms with Gasteiger partial charge in [-0.1, -0.05) is 19.1 Å². The maximum absolute atomic E-state index is 12.3. The molecular weight excluding hydrogens is 502 g/mol. The molecule has 2 atom stereocenters. The van der Waals surface area contributed by atoms with Crippen molar-refractivity contribution in [2.45, 2.75) is 25.7 Å². The van der Waals surface area contributed by atoms with Crippen LogP contribution in [0.5, 0.6) is 0 Å². The summed E-state index contributed by atoms with van der Waals surface area (Å²) in [5.74, 6) is -0.787. The number of benzene rings is 1. The fourth-order valence-electron chi connectivity index (χ4n) is 3.78. The highest BCUT2D eigenvalue weighted by Gasteiger charge is 2.15. The Morgan fingerprint density at radius 1 is 1.08 bits per heavy atom. The Kier molecular flexibility index (Phi) is 13.0. The van der Waals surface area contributed by atoms with Gasteiger partial charge in [-0.15, -0.1) is 12.3 Å². The number of piperazine rings is 1. The molecule has 1 aliphatic heterocycles. The summed E-state index contributed by atoms with van der Waals surface area (Å²) < 4.78 is 0. The first-order valence-corrected chi connectivity index (χ1v) is 12.6. The topological polar surface area (TPSA) is 161 Å². The van der Waals surface area contributed by atoms with Crippen molar-refractivity contribution in [3.05, 3.63) is 59.9 Å². The van der Waals surface area contributed by atoms with E-state index in [1.165, 1.54) is 0 Å². The number of aromatic nitrogens is 1. The summed E-state index contributed by atoms with van der Waals surface area (Å²) in [6, 6.07) is 11.0. The van der Waals surface area contributed by atoms with Crippen LogP contribution in [0.1, 0.15) is 41.6 Å². The van der Waals surface area contributed by atoms with Crippen molar-refractivity contribution >= 4 is 29.4 Å². The van der Waals surface area contributed by atoms with Gasteiger partial charge in [0, 0.05) is 62.3 Å². The van der Waals surface area contributed by atoms with Crippen LogP contribution in [0.15, 0.2) is 48.8 Å². The number of carboxylic acid groups (broad SMARTS) is 2. The number of terminal acetylenes is 1. The highest BCUT2D eigenvalue weighted by molar-refractivity contribution is 5.97. The first-order chi connectivity index (χ1) is 18.7. The van der Waals surface area contributed by atoms with Gasteiger partial charge in [-0.2, -0.15) is 0 Å². The summed E-state index contributed by atoms with van der Waals surface area (Å²) in [5.41, 5.74) is 2.42. The molecule has 2 amide bonds. The van der Waals surface area contributed by atoms with Crippen LogP contribution in [0.3, 0.4) is 0 Å². The third kappa shape index (κ3) is 11.7. The lowest BCUT2D eigenvalue weighted by Crippen LogP contribution is -2.43. The average molecular weight is 538 g/mol. The summed E-state index contributed by atoms with van der Waals surface area (Å²) >= 11 is 0. The van der Waals surface area contributed by atoms with Crippen LogP contribution in [0.25, 0.3) is 0 Å². The molecule has 5 N–H and O–H groups in total. The molecule has 1 saturated heterocycles. The van der Waals surface area contributed by atoms with Gasteiger partial charge < -0.3 is 31.1 Å². The number of carbonyl (C=O) groups is 4. The number of rotatable bonds is 11. The van der Waals surface area contributed by atoms with E-state index in [0.29, 0.717) is 5.56 Å². The molecular formula is C28H35N5O6. The van der Waals surface area contributed by atoms with Gasteiger partial charge in [0.05, 0.1) is 19.4 Å². The lowest BCUT2D eigenvalue weighted by atomic mass is 10.0. The van der Waals surface area contributed by atoms with E-state index in [0.717, 1.165) is 37.4 Å². The van der Waals surface area contributed by atoms with Crippen molar-refractivity contribution in [1.29, 1.82) is 0 Å². The minimum absolute atomic E-state index is 0.0381. The van der Waals surface area contributed by atoms with Gasteiger partial charge in [0.25, 0.3) is 5.91 Å². The van der Waals surface area contributed by atoms with Crippen molar-refractivity contribution in [3.63, 3.8) is 0 Å². The first kappa shape index (κ1) is 30.8. The van der Waals surface area contributed by atoms with Crippen LogP contribution in [-0.2, 0) is 14.4 Å². The van der Waals surface area contributed by atoms with Crippen molar-refractivity contribution < 1.29 is 29.4 Å². The Hall–Kier alpha value is -4.43. The zero-order chi connectivity index (χ0) is 28.6. The van der Waals surface area contributed by atoms with E-state index in [1.807, 2.05) is 31.2 Å². The minimum Gasteiger partial charge on any atom is -0.481 e. The zero-order valence-electron chi connectivity index (χ0n) is 21.9. The molecule has 0 spiro atoms. The summed E-state index contributed by atoms with van der Waals surface area (Å²) in [7, 11) is 0. The monoisotopic (exact) mass is 537 g/mol. The molecule has 208 valence electrons. The molecule has 0 radical (unpaired) electrons. The molecule has 11 nitrogen and oxygen atoms in total. The van der Waals surface area contributed by atoms with E-state index in [-0.39, 0.29) is 37.8 Å². The third-order valence-electron chi connectivity index (χ3n) is 5.94. The lowest BCUT2D eigenvalue weighted by Gasteiger charge is -2.29. The molecule has 3 rings (SSSR count). The highest BCUT2D eigenvalue weighted by atomic mass is 16.4. The number of carboxylic acids is 2. The molecule has 0 bridgehead atoms. The number of carbonyl (C=O) groups excluding carboxylic acids is 2. The Labute approximate surface area is 228 Å². The van der Waals surface area contributed by atoms with E-state index in [2.05, 4.69) is 31.8 Å². The number of amides is 2. The van der Waals surface area contributed by atoms with Crippen molar-refractivity contribution in [1.82, 2.24) is 20.9 Å². The number of hydrogen-bond donors (Lipinski definition) is 5. The third-order valence-corrected chi connectivity index (χ3v) is 5.94. The Morgan fingerprint density at radius 2 is 1.79 bits per heavy atom. The molecule has 1 aromatic heterocycles. The molecule has 2 heterocycles. The Bertz CT molecular complexity index is 1140. The predicted molar refractivity (Wildman–Crippen MR) is 146 cm³/mol. The second-order valence-corrected chi connectivity index (χ2v) is 9.02. The summed E-state index contributed by atoms with van der Waals surface area (Å²) in [6.07, 6.45) is 8.56. The molecule has 1 aromatic carbocycles. The minimum atomic E-state index is -1.02. The number of nitrogens with zero attached hydrogens (tertiary/aromatic N) is 2. The first-order valence-electron chi connectivity index (χ1n) is 12.6.